The molecule has 0 fully saturated rings. The first-order valence-electron chi connectivity index (χ1n) is 6.77. The number of rotatable bonds is 5. The SMILES string of the molecule is CSc1ccccc1C(N)c1cccc(OC(C)C)c1. The molecule has 2 rings (SSSR count). The summed E-state index contributed by atoms with van der Waals surface area (Å²) >= 11 is 1.72. The molecule has 0 saturated heterocycles. The predicted molar refractivity (Wildman–Crippen MR) is 86.5 cm³/mol. The van der Waals surface area contributed by atoms with Gasteiger partial charge in [0.05, 0.1) is 12.1 Å². The molecule has 1 atom stereocenters. The van der Waals surface area contributed by atoms with Gasteiger partial charge >= 0.3 is 0 Å². The minimum absolute atomic E-state index is 0.130. The van der Waals surface area contributed by atoms with Gasteiger partial charge in [-0.05, 0) is 49.4 Å². The second kappa shape index (κ2) is 6.82. The van der Waals surface area contributed by atoms with Crippen molar-refractivity contribution in [2.45, 2.75) is 30.9 Å². The summed E-state index contributed by atoms with van der Waals surface area (Å²) in [4.78, 5) is 1.22. The highest BCUT2D eigenvalue weighted by Crippen LogP contribution is 2.30. The van der Waals surface area contributed by atoms with E-state index in [1.165, 1.54) is 4.90 Å². The van der Waals surface area contributed by atoms with Gasteiger partial charge in [-0.2, -0.15) is 0 Å². The normalized spacial score (nSPS) is 12.4. The Hall–Kier alpha value is -1.45. The second-order valence-electron chi connectivity index (χ2n) is 4.96. The third kappa shape index (κ3) is 3.56. The molecule has 106 valence electrons. The zero-order chi connectivity index (χ0) is 14.5. The quantitative estimate of drug-likeness (QED) is 0.835. The molecule has 2 nitrogen and oxygen atoms in total. The van der Waals surface area contributed by atoms with Crippen molar-refractivity contribution in [3.63, 3.8) is 0 Å². The molecule has 20 heavy (non-hydrogen) atoms. The first kappa shape index (κ1) is 14.9. The lowest BCUT2D eigenvalue weighted by atomic mass is 9.99. The van der Waals surface area contributed by atoms with Crippen LogP contribution in [0.25, 0.3) is 0 Å². The zero-order valence-electron chi connectivity index (χ0n) is 12.2. The van der Waals surface area contributed by atoms with Crippen molar-refractivity contribution < 1.29 is 4.74 Å². The Bertz CT molecular complexity index is 568. The summed E-state index contributed by atoms with van der Waals surface area (Å²) in [5.41, 5.74) is 8.65. The number of nitrogens with two attached hydrogens (primary N) is 1. The number of thioether (sulfide) groups is 1. The maximum atomic E-state index is 6.42. The lowest BCUT2D eigenvalue weighted by Crippen LogP contribution is -2.13. The highest BCUT2D eigenvalue weighted by Gasteiger charge is 2.13. The van der Waals surface area contributed by atoms with Gasteiger partial charge in [0.15, 0.2) is 0 Å². The molecule has 0 amide bonds. The fourth-order valence-electron chi connectivity index (χ4n) is 2.16. The van der Waals surface area contributed by atoms with E-state index < -0.39 is 0 Å². The summed E-state index contributed by atoms with van der Waals surface area (Å²) in [5, 5.41) is 0. The Morgan fingerprint density at radius 3 is 2.50 bits per heavy atom. The summed E-state index contributed by atoms with van der Waals surface area (Å²) in [7, 11) is 0. The van der Waals surface area contributed by atoms with E-state index in [4.69, 9.17) is 10.5 Å². The summed E-state index contributed by atoms with van der Waals surface area (Å²) in [5.74, 6) is 0.870. The Kier molecular flexibility index (Phi) is 5.10. The van der Waals surface area contributed by atoms with Crippen LogP contribution in [-0.4, -0.2) is 12.4 Å². The van der Waals surface area contributed by atoms with Crippen LogP contribution in [0, 0.1) is 0 Å². The number of ether oxygens (including phenoxy) is 1. The van der Waals surface area contributed by atoms with Gasteiger partial charge in [-0.25, -0.2) is 0 Å². The Morgan fingerprint density at radius 2 is 1.80 bits per heavy atom. The van der Waals surface area contributed by atoms with Crippen LogP contribution in [0.4, 0.5) is 0 Å². The van der Waals surface area contributed by atoms with Gasteiger partial charge in [-0.3, -0.25) is 0 Å². The lowest BCUT2D eigenvalue weighted by Gasteiger charge is -2.17. The van der Waals surface area contributed by atoms with Crippen LogP contribution in [0.2, 0.25) is 0 Å². The lowest BCUT2D eigenvalue weighted by molar-refractivity contribution is 0.242. The van der Waals surface area contributed by atoms with Crippen LogP contribution < -0.4 is 10.5 Å². The molecular formula is C17H21NOS. The van der Waals surface area contributed by atoms with E-state index in [0.717, 1.165) is 16.9 Å². The molecule has 0 aliphatic carbocycles. The molecule has 2 aromatic rings. The molecule has 3 heteroatoms. The van der Waals surface area contributed by atoms with E-state index in [0.29, 0.717) is 0 Å². The third-order valence-electron chi connectivity index (χ3n) is 3.06. The maximum absolute atomic E-state index is 6.42. The first-order valence-corrected chi connectivity index (χ1v) is 7.99. The molecule has 0 radical (unpaired) electrons. The number of benzene rings is 2. The van der Waals surface area contributed by atoms with Crippen molar-refractivity contribution in [3.8, 4) is 5.75 Å². The van der Waals surface area contributed by atoms with Crippen molar-refractivity contribution in [1.29, 1.82) is 0 Å². The molecule has 0 aliphatic heterocycles. The van der Waals surface area contributed by atoms with Crippen LogP contribution in [0.1, 0.15) is 31.0 Å². The fourth-order valence-corrected chi connectivity index (χ4v) is 2.80. The standard InChI is InChI=1S/C17H21NOS/c1-12(2)19-14-8-6-7-13(11-14)17(18)15-9-4-5-10-16(15)20-3/h4-12,17H,18H2,1-3H3. The van der Waals surface area contributed by atoms with E-state index in [2.05, 4.69) is 24.5 Å². The largest absolute Gasteiger partial charge is 0.491 e. The molecule has 0 aromatic heterocycles. The molecule has 2 N–H and O–H groups in total. The number of hydrogen-bond acceptors (Lipinski definition) is 3. The first-order chi connectivity index (χ1) is 9.61. The Labute approximate surface area is 125 Å². The van der Waals surface area contributed by atoms with Crippen molar-refractivity contribution in [1.82, 2.24) is 0 Å². The summed E-state index contributed by atoms with van der Waals surface area (Å²) in [6.45, 7) is 4.05. The van der Waals surface area contributed by atoms with Gasteiger partial charge in [0, 0.05) is 4.90 Å². The van der Waals surface area contributed by atoms with Crippen LogP contribution in [-0.2, 0) is 0 Å². The van der Waals surface area contributed by atoms with E-state index in [9.17, 15) is 0 Å². The van der Waals surface area contributed by atoms with Crippen molar-refractivity contribution in [3.05, 3.63) is 59.7 Å². The summed E-state index contributed by atoms with van der Waals surface area (Å²) in [6, 6.07) is 16.2. The minimum Gasteiger partial charge on any atom is -0.491 e. The third-order valence-corrected chi connectivity index (χ3v) is 3.87. The molecule has 0 bridgehead atoms. The topological polar surface area (TPSA) is 35.2 Å². The van der Waals surface area contributed by atoms with Gasteiger partial charge in [0.2, 0.25) is 0 Å². The maximum Gasteiger partial charge on any atom is 0.120 e. The Morgan fingerprint density at radius 1 is 1.05 bits per heavy atom. The number of hydrogen-bond donors (Lipinski definition) is 1. The van der Waals surface area contributed by atoms with Crippen molar-refractivity contribution in [2.75, 3.05) is 6.26 Å². The van der Waals surface area contributed by atoms with Gasteiger partial charge in [-0.1, -0.05) is 30.3 Å². The van der Waals surface area contributed by atoms with Gasteiger partial charge < -0.3 is 10.5 Å². The molecule has 0 saturated carbocycles. The highest BCUT2D eigenvalue weighted by molar-refractivity contribution is 7.98. The second-order valence-corrected chi connectivity index (χ2v) is 5.81. The van der Waals surface area contributed by atoms with Crippen LogP contribution in [0.3, 0.4) is 0 Å². The zero-order valence-corrected chi connectivity index (χ0v) is 13.0. The van der Waals surface area contributed by atoms with E-state index >= 15 is 0 Å². The van der Waals surface area contributed by atoms with E-state index in [-0.39, 0.29) is 12.1 Å². The highest BCUT2D eigenvalue weighted by atomic mass is 32.2. The van der Waals surface area contributed by atoms with Crippen LogP contribution >= 0.6 is 11.8 Å². The van der Waals surface area contributed by atoms with Gasteiger partial charge in [0.25, 0.3) is 0 Å². The van der Waals surface area contributed by atoms with Gasteiger partial charge in [-0.15, -0.1) is 11.8 Å². The minimum atomic E-state index is -0.130. The van der Waals surface area contributed by atoms with Crippen LogP contribution in [0.5, 0.6) is 5.75 Å². The fraction of sp³-hybridized carbons (Fsp3) is 0.294. The molecular weight excluding hydrogens is 266 g/mol. The van der Waals surface area contributed by atoms with Crippen LogP contribution in [0.15, 0.2) is 53.4 Å². The van der Waals surface area contributed by atoms with Crippen molar-refractivity contribution >= 4 is 11.8 Å². The Balaban J connectivity index is 2.30. The summed E-state index contributed by atoms with van der Waals surface area (Å²) < 4.78 is 5.74. The summed E-state index contributed by atoms with van der Waals surface area (Å²) in [6.07, 6.45) is 2.24. The average molecular weight is 287 g/mol. The molecule has 0 aliphatic rings. The monoisotopic (exact) mass is 287 g/mol. The molecule has 0 spiro atoms. The smallest absolute Gasteiger partial charge is 0.120 e. The predicted octanol–water partition coefficient (Wildman–Crippen LogP) is 4.24. The van der Waals surface area contributed by atoms with E-state index in [1.54, 1.807) is 11.8 Å². The molecule has 2 aromatic carbocycles. The average Bonchev–Trinajstić information content (AvgIpc) is 2.46. The van der Waals surface area contributed by atoms with E-state index in [1.807, 2.05) is 44.2 Å². The van der Waals surface area contributed by atoms with Crippen molar-refractivity contribution in [2.24, 2.45) is 5.73 Å². The molecule has 1 unspecified atom stereocenters. The molecule has 0 heterocycles. The van der Waals surface area contributed by atoms with Gasteiger partial charge in [0.1, 0.15) is 5.75 Å².